The maximum atomic E-state index is 13.9. The Morgan fingerprint density at radius 3 is 2.49 bits per heavy atom. The van der Waals surface area contributed by atoms with Gasteiger partial charge in [-0.05, 0) is 85.8 Å². The molecule has 0 radical (unpaired) electrons. The molecule has 1 unspecified atom stereocenters. The number of anilines is 1. The minimum absolute atomic E-state index is 0.106. The van der Waals surface area contributed by atoms with Gasteiger partial charge in [0.2, 0.25) is 5.76 Å². The van der Waals surface area contributed by atoms with Crippen LogP contribution in [0.5, 0.6) is 5.75 Å². The van der Waals surface area contributed by atoms with E-state index in [0.717, 1.165) is 46.5 Å². The van der Waals surface area contributed by atoms with E-state index in [1.807, 2.05) is 81.4 Å². The van der Waals surface area contributed by atoms with Crippen LogP contribution in [-0.4, -0.2) is 12.5 Å². The molecule has 0 saturated heterocycles. The van der Waals surface area contributed by atoms with Gasteiger partial charge in [-0.1, -0.05) is 37.6 Å². The van der Waals surface area contributed by atoms with Crippen LogP contribution < -0.4 is 15.1 Å². The molecule has 5 heteroatoms. The van der Waals surface area contributed by atoms with E-state index >= 15 is 0 Å². The van der Waals surface area contributed by atoms with E-state index in [-0.39, 0.29) is 17.1 Å². The summed E-state index contributed by atoms with van der Waals surface area (Å²) >= 11 is 0. The van der Waals surface area contributed by atoms with Crippen LogP contribution in [0, 0.1) is 20.8 Å². The second kappa shape index (κ2) is 9.06. The van der Waals surface area contributed by atoms with E-state index in [2.05, 4.69) is 6.92 Å². The van der Waals surface area contributed by atoms with Crippen molar-refractivity contribution in [3.63, 3.8) is 0 Å². The second-order valence-electron chi connectivity index (χ2n) is 9.30. The maximum absolute atomic E-state index is 13.9. The molecule has 0 fully saturated rings. The van der Waals surface area contributed by atoms with Gasteiger partial charge in [-0.15, -0.1) is 0 Å². The third-order valence-electron chi connectivity index (χ3n) is 6.71. The van der Waals surface area contributed by atoms with Crippen molar-refractivity contribution in [2.24, 2.45) is 0 Å². The van der Waals surface area contributed by atoms with Crippen molar-refractivity contribution < 1.29 is 13.9 Å². The van der Waals surface area contributed by atoms with Gasteiger partial charge in [-0.25, -0.2) is 0 Å². The van der Waals surface area contributed by atoms with Gasteiger partial charge in [-0.2, -0.15) is 0 Å². The molecule has 0 bridgehead atoms. The highest BCUT2D eigenvalue weighted by atomic mass is 16.5. The summed E-state index contributed by atoms with van der Waals surface area (Å²) < 4.78 is 12.1. The first-order valence-corrected chi connectivity index (χ1v) is 12.1. The smallest absolute Gasteiger partial charge is 0.295 e. The van der Waals surface area contributed by atoms with Gasteiger partial charge in [0.25, 0.3) is 5.91 Å². The highest BCUT2D eigenvalue weighted by Gasteiger charge is 2.43. The summed E-state index contributed by atoms with van der Waals surface area (Å²) in [4.78, 5) is 29.4. The van der Waals surface area contributed by atoms with Gasteiger partial charge in [0.1, 0.15) is 11.3 Å². The Kier molecular flexibility index (Phi) is 5.93. The third kappa shape index (κ3) is 4.01. The molecule has 35 heavy (non-hydrogen) atoms. The highest BCUT2D eigenvalue weighted by Crippen LogP contribution is 2.42. The number of benzene rings is 3. The average Bonchev–Trinajstić information content (AvgIpc) is 3.13. The molecule has 178 valence electrons. The molecular weight excluding hydrogens is 438 g/mol. The molecule has 1 amide bonds. The Hall–Kier alpha value is -3.86. The van der Waals surface area contributed by atoms with Crippen LogP contribution in [-0.2, 0) is 0 Å². The van der Waals surface area contributed by atoms with Crippen molar-refractivity contribution in [3.05, 3.63) is 104 Å². The molecule has 0 saturated carbocycles. The number of carbonyl (C=O) groups is 1. The standard InChI is InChI=1S/C30H29NO4/c1-5-6-13-34-23-12-8-10-21(17-23)27-26-28(32)24-15-19(3)20(4)16-25(24)35-29(26)30(33)31(27)22-11-7-9-18(2)14-22/h7-12,14-17,27H,5-6,13H2,1-4H3. The molecular formula is C30H29NO4. The number of amides is 1. The normalized spacial score (nSPS) is 15.0. The molecule has 1 aromatic heterocycles. The fraction of sp³-hybridized carbons (Fsp3) is 0.267. The summed E-state index contributed by atoms with van der Waals surface area (Å²) in [7, 11) is 0. The van der Waals surface area contributed by atoms with Gasteiger partial charge < -0.3 is 9.15 Å². The van der Waals surface area contributed by atoms with Gasteiger partial charge in [0, 0.05) is 5.69 Å². The zero-order chi connectivity index (χ0) is 24.7. The number of unbranched alkanes of at least 4 members (excludes halogenated alkanes) is 1. The minimum Gasteiger partial charge on any atom is -0.494 e. The van der Waals surface area contributed by atoms with Crippen molar-refractivity contribution in [3.8, 4) is 5.75 Å². The van der Waals surface area contributed by atoms with Gasteiger partial charge >= 0.3 is 0 Å². The number of carbonyl (C=O) groups excluding carboxylic acids is 1. The van der Waals surface area contributed by atoms with E-state index < -0.39 is 6.04 Å². The summed E-state index contributed by atoms with van der Waals surface area (Å²) in [5.41, 5.74) is 5.21. The lowest BCUT2D eigenvalue weighted by molar-refractivity contribution is 0.0971. The maximum Gasteiger partial charge on any atom is 0.295 e. The Morgan fingerprint density at radius 2 is 1.71 bits per heavy atom. The van der Waals surface area contributed by atoms with Crippen LogP contribution in [0.25, 0.3) is 11.0 Å². The van der Waals surface area contributed by atoms with Gasteiger partial charge in [-0.3, -0.25) is 14.5 Å². The average molecular weight is 468 g/mol. The van der Waals surface area contributed by atoms with Crippen molar-refractivity contribution in [1.29, 1.82) is 0 Å². The summed E-state index contributed by atoms with van der Waals surface area (Å²) in [6, 6.07) is 18.5. The van der Waals surface area contributed by atoms with E-state index in [9.17, 15) is 9.59 Å². The minimum atomic E-state index is -0.615. The van der Waals surface area contributed by atoms with Crippen LogP contribution in [0.4, 0.5) is 5.69 Å². The Balaban J connectivity index is 1.74. The lowest BCUT2D eigenvalue weighted by atomic mass is 9.97. The van der Waals surface area contributed by atoms with E-state index in [0.29, 0.717) is 23.1 Å². The summed E-state index contributed by atoms with van der Waals surface area (Å²) in [5, 5.41) is 0.492. The van der Waals surface area contributed by atoms with Gasteiger partial charge in [0.05, 0.1) is 23.6 Å². The predicted molar refractivity (Wildman–Crippen MR) is 139 cm³/mol. The highest BCUT2D eigenvalue weighted by molar-refractivity contribution is 6.10. The Morgan fingerprint density at radius 1 is 0.943 bits per heavy atom. The number of nitrogens with zero attached hydrogens (tertiary/aromatic N) is 1. The first-order valence-electron chi connectivity index (χ1n) is 12.1. The van der Waals surface area contributed by atoms with Crippen LogP contribution >= 0.6 is 0 Å². The molecule has 3 aromatic carbocycles. The molecule has 2 heterocycles. The lowest BCUT2D eigenvalue weighted by Gasteiger charge is -2.26. The first-order chi connectivity index (χ1) is 16.9. The zero-order valence-corrected chi connectivity index (χ0v) is 20.6. The number of ether oxygens (including phenoxy) is 1. The number of hydrogen-bond acceptors (Lipinski definition) is 4. The molecule has 0 N–H and O–H groups in total. The van der Waals surface area contributed by atoms with Crippen molar-refractivity contribution in [2.75, 3.05) is 11.5 Å². The Labute approximate surface area is 205 Å². The van der Waals surface area contributed by atoms with Crippen molar-refractivity contribution in [1.82, 2.24) is 0 Å². The predicted octanol–water partition coefficient (Wildman–Crippen LogP) is 6.65. The quantitative estimate of drug-likeness (QED) is 0.298. The molecule has 1 atom stereocenters. The van der Waals surface area contributed by atoms with Crippen LogP contribution in [0.15, 0.2) is 69.9 Å². The second-order valence-corrected chi connectivity index (χ2v) is 9.30. The summed E-state index contributed by atoms with van der Waals surface area (Å²) in [5.74, 6) is 0.511. The SMILES string of the molecule is CCCCOc1cccc(C2c3c(oc4cc(C)c(C)cc4c3=O)C(=O)N2c2cccc(C)c2)c1. The molecule has 5 rings (SSSR count). The molecule has 1 aliphatic heterocycles. The summed E-state index contributed by atoms with van der Waals surface area (Å²) in [6.07, 6.45) is 2.00. The number of rotatable bonds is 6. The topological polar surface area (TPSA) is 59.8 Å². The van der Waals surface area contributed by atoms with Crippen molar-refractivity contribution in [2.45, 2.75) is 46.6 Å². The van der Waals surface area contributed by atoms with Crippen LogP contribution in [0.1, 0.15) is 64.2 Å². The Bertz CT molecular complexity index is 1500. The number of hydrogen-bond donors (Lipinski definition) is 0. The van der Waals surface area contributed by atoms with Crippen LogP contribution in [0.2, 0.25) is 0 Å². The van der Waals surface area contributed by atoms with Gasteiger partial charge in [0.15, 0.2) is 5.43 Å². The molecule has 4 aromatic rings. The van der Waals surface area contributed by atoms with Crippen LogP contribution in [0.3, 0.4) is 0 Å². The molecule has 1 aliphatic rings. The molecule has 5 nitrogen and oxygen atoms in total. The largest absolute Gasteiger partial charge is 0.494 e. The fourth-order valence-corrected chi connectivity index (χ4v) is 4.70. The monoisotopic (exact) mass is 467 g/mol. The number of fused-ring (bicyclic) bond motifs is 2. The molecule has 0 aliphatic carbocycles. The van der Waals surface area contributed by atoms with E-state index in [1.165, 1.54) is 0 Å². The lowest BCUT2D eigenvalue weighted by Crippen LogP contribution is -2.29. The molecule has 0 spiro atoms. The van der Waals surface area contributed by atoms with Crippen molar-refractivity contribution >= 4 is 22.6 Å². The van der Waals surface area contributed by atoms with E-state index in [4.69, 9.17) is 9.15 Å². The van der Waals surface area contributed by atoms with E-state index in [1.54, 1.807) is 4.90 Å². The zero-order valence-electron chi connectivity index (χ0n) is 20.6. The fourth-order valence-electron chi connectivity index (χ4n) is 4.70. The summed E-state index contributed by atoms with van der Waals surface area (Å²) in [6.45, 7) is 8.66. The number of aryl methyl sites for hydroxylation is 3. The first kappa shape index (κ1) is 22.9. The third-order valence-corrected chi connectivity index (χ3v) is 6.71.